The number of anilines is 1. The topological polar surface area (TPSA) is 57.7 Å². The van der Waals surface area contributed by atoms with Gasteiger partial charge in [-0.05, 0) is 25.0 Å². The number of benzene rings is 1. The van der Waals surface area contributed by atoms with E-state index in [0.717, 1.165) is 26.2 Å². The highest BCUT2D eigenvalue weighted by atomic mass is 32.2. The Hall–Kier alpha value is -1.21. The lowest BCUT2D eigenvalue weighted by Gasteiger charge is -2.37. The number of amides is 1. The van der Waals surface area contributed by atoms with Crippen molar-refractivity contribution in [2.75, 3.05) is 48.3 Å². The normalized spacial score (nSPS) is 23.5. The standard InChI is InChI=1S/C17H24N2O3S2/c1-14-4-2-3-5-16(14)18-7-9-19(10-8-18)17(20)12-23-15-6-11-24(21,22)13-15/h2-5,15H,6-13H2,1H3/t15-/m0/s1. The molecule has 0 aliphatic carbocycles. The Morgan fingerprint density at radius 2 is 1.92 bits per heavy atom. The Balaban J connectivity index is 1.46. The molecule has 5 nitrogen and oxygen atoms in total. The molecule has 1 aromatic rings. The van der Waals surface area contributed by atoms with Gasteiger partial charge in [-0.1, -0.05) is 18.2 Å². The molecule has 0 spiro atoms. The van der Waals surface area contributed by atoms with Crippen molar-refractivity contribution in [3.05, 3.63) is 29.8 Å². The zero-order chi connectivity index (χ0) is 17.2. The predicted molar refractivity (Wildman–Crippen MR) is 99.5 cm³/mol. The first-order valence-corrected chi connectivity index (χ1v) is 11.2. The van der Waals surface area contributed by atoms with E-state index in [1.54, 1.807) is 0 Å². The lowest BCUT2D eigenvalue weighted by molar-refractivity contribution is -0.128. The second-order valence-electron chi connectivity index (χ2n) is 6.49. The summed E-state index contributed by atoms with van der Waals surface area (Å²) in [5, 5.41) is 0.0900. The summed E-state index contributed by atoms with van der Waals surface area (Å²) in [6.07, 6.45) is 0.682. The van der Waals surface area contributed by atoms with Gasteiger partial charge >= 0.3 is 0 Å². The summed E-state index contributed by atoms with van der Waals surface area (Å²) < 4.78 is 22.9. The lowest BCUT2D eigenvalue weighted by atomic mass is 10.1. The van der Waals surface area contributed by atoms with E-state index >= 15 is 0 Å². The van der Waals surface area contributed by atoms with Crippen molar-refractivity contribution in [1.29, 1.82) is 0 Å². The summed E-state index contributed by atoms with van der Waals surface area (Å²) in [7, 11) is -2.86. The number of carbonyl (C=O) groups excluding carboxylic acids is 1. The molecule has 0 N–H and O–H groups in total. The maximum atomic E-state index is 12.4. The molecule has 0 unspecified atom stereocenters. The Kier molecular flexibility index (Phi) is 5.39. The smallest absolute Gasteiger partial charge is 0.232 e. The molecule has 1 amide bonds. The van der Waals surface area contributed by atoms with Crippen LogP contribution in [0, 0.1) is 6.92 Å². The van der Waals surface area contributed by atoms with Gasteiger partial charge in [0.25, 0.3) is 0 Å². The second-order valence-corrected chi connectivity index (χ2v) is 10.0. The van der Waals surface area contributed by atoms with Gasteiger partial charge < -0.3 is 9.80 Å². The highest BCUT2D eigenvalue weighted by Gasteiger charge is 2.29. The van der Waals surface area contributed by atoms with E-state index in [-0.39, 0.29) is 22.7 Å². The van der Waals surface area contributed by atoms with Crippen molar-refractivity contribution in [1.82, 2.24) is 4.90 Å². The number of sulfone groups is 1. The van der Waals surface area contributed by atoms with Crippen LogP contribution in [0.25, 0.3) is 0 Å². The molecular formula is C17H24N2O3S2. The average Bonchev–Trinajstić information content (AvgIpc) is 2.92. The highest BCUT2D eigenvalue weighted by Crippen LogP contribution is 2.25. The highest BCUT2D eigenvalue weighted by molar-refractivity contribution is 8.02. The molecule has 0 bridgehead atoms. The minimum absolute atomic E-state index is 0.0900. The Labute approximate surface area is 148 Å². The van der Waals surface area contributed by atoms with Crippen LogP contribution in [0.15, 0.2) is 24.3 Å². The first kappa shape index (κ1) is 17.6. The second kappa shape index (κ2) is 7.35. The van der Waals surface area contributed by atoms with E-state index in [4.69, 9.17) is 0 Å². The number of hydrogen-bond donors (Lipinski definition) is 0. The average molecular weight is 369 g/mol. The van der Waals surface area contributed by atoms with Crippen LogP contribution in [0.5, 0.6) is 0 Å². The molecule has 7 heteroatoms. The van der Waals surface area contributed by atoms with Crippen molar-refractivity contribution in [3.63, 3.8) is 0 Å². The maximum absolute atomic E-state index is 12.4. The minimum Gasteiger partial charge on any atom is -0.368 e. The van der Waals surface area contributed by atoms with Gasteiger partial charge in [-0.25, -0.2) is 8.42 Å². The fourth-order valence-electron chi connectivity index (χ4n) is 3.29. The molecule has 24 heavy (non-hydrogen) atoms. The van der Waals surface area contributed by atoms with E-state index in [2.05, 4.69) is 24.0 Å². The molecular weight excluding hydrogens is 344 g/mol. The third-order valence-electron chi connectivity index (χ3n) is 4.72. The number of aryl methyl sites for hydroxylation is 1. The summed E-state index contributed by atoms with van der Waals surface area (Å²) in [6, 6.07) is 8.33. The van der Waals surface area contributed by atoms with Crippen molar-refractivity contribution in [2.24, 2.45) is 0 Å². The van der Waals surface area contributed by atoms with Gasteiger partial charge in [0.05, 0.1) is 17.3 Å². The van der Waals surface area contributed by atoms with E-state index < -0.39 is 9.84 Å². The molecule has 1 atom stereocenters. The molecule has 2 aliphatic heterocycles. The SMILES string of the molecule is Cc1ccccc1N1CCN(C(=O)CS[C@H]2CCS(=O)(=O)C2)CC1. The first-order chi connectivity index (χ1) is 11.4. The van der Waals surface area contributed by atoms with Gasteiger partial charge in [0.2, 0.25) is 5.91 Å². The van der Waals surface area contributed by atoms with Gasteiger partial charge in [-0.15, -0.1) is 11.8 Å². The molecule has 2 fully saturated rings. The summed E-state index contributed by atoms with van der Waals surface area (Å²) >= 11 is 1.50. The van der Waals surface area contributed by atoms with Gasteiger partial charge in [0.15, 0.2) is 9.84 Å². The summed E-state index contributed by atoms with van der Waals surface area (Å²) in [4.78, 5) is 16.6. The van der Waals surface area contributed by atoms with Gasteiger partial charge in [-0.3, -0.25) is 4.79 Å². The number of nitrogens with zero attached hydrogens (tertiary/aromatic N) is 2. The number of piperazine rings is 1. The monoisotopic (exact) mass is 368 g/mol. The number of rotatable bonds is 4. The molecule has 1 aromatic carbocycles. The Morgan fingerprint density at radius 3 is 2.54 bits per heavy atom. The number of hydrogen-bond acceptors (Lipinski definition) is 5. The van der Waals surface area contributed by atoms with Crippen LogP contribution in [0.1, 0.15) is 12.0 Å². The van der Waals surface area contributed by atoms with Crippen molar-refractivity contribution < 1.29 is 13.2 Å². The minimum atomic E-state index is -2.86. The van der Waals surface area contributed by atoms with Crippen molar-refractivity contribution >= 4 is 33.2 Å². The molecule has 2 saturated heterocycles. The molecule has 132 valence electrons. The zero-order valence-corrected chi connectivity index (χ0v) is 15.6. The third-order valence-corrected chi connectivity index (χ3v) is 7.99. The predicted octanol–water partition coefficient (Wildman–Crippen LogP) is 1.56. The molecule has 0 aromatic heterocycles. The summed E-state index contributed by atoms with van der Waals surface area (Å²) in [5.74, 6) is 1.03. The lowest BCUT2D eigenvalue weighted by Crippen LogP contribution is -2.49. The van der Waals surface area contributed by atoms with E-state index in [1.807, 2.05) is 17.0 Å². The number of thioether (sulfide) groups is 1. The molecule has 2 heterocycles. The molecule has 2 aliphatic rings. The van der Waals surface area contributed by atoms with Crippen LogP contribution in [-0.2, 0) is 14.6 Å². The largest absolute Gasteiger partial charge is 0.368 e. The maximum Gasteiger partial charge on any atom is 0.232 e. The van der Waals surface area contributed by atoms with Crippen LogP contribution in [0.2, 0.25) is 0 Å². The van der Waals surface area contributed by atoms with Crippen LogP contribution in [-0.4, -0.2) is 67.9 Å². The van der Waals surface area contributed by atoms with Crippen LogP contribution >= 0.6 is 11.8 Å². The van der Waals surface area contributed by atoms with Crippen molar-refractivity contribution in [3.8, 4) is 0 Å². The van der Waals surface area contributed by atoms with Crippen LogP contribution in [0.4, 0.5) is 5.69 Å². The van der Waals surface area contributed by atoms with Gasteiger partial charge in [-0.2, -0.15) is 0 Å². The van der Waals surface area contributed by atoms with Crippen LogP contribution in [0.3, 0.4) is 0 Å². The number of para-hydroxylation sites is 1. The zero-order valence-electron chi connectivity index (χ0n) is 14.0. The van der Waals surface area contributed by atoms with Gasteiger partial charge in [0.1, 0.15) is 0 Å². The van der Waals surface area contributed by atoms with Gasteiger partial charge in [0, 0.05) is 37.1 Å². The quantitative estimate of drug-likeness (QED) is 0.807. The molecule has 0 saturated carbocycles. The van der Waals surface area contributed by atoms with Crippen molar-refractivity contribution in [2.45, 2.75) is 18.6 Å². The van der Waals surface area contributed by atoms with Crippen LogP contribution < -0.4 is 4.90 Å². The summed E-state index contributed by atoms with van der Waals surface area (Å²) in [6.45, 7) is 5.27. The summed E-state index contributed by atoms with van der Waals surface area (Å²) in [5.41, 5.74) is 2.51. The third kappa shape index (κ3) is 4.25. The Bertz CT molecular complexity index is 698. The molecule has 3 rings (SSSR count). The van der Waals surface area contributed by atoms with E-state index in [0.29, 0.717) is 12.2 Å². The Morgan fingerprint density at radius 1 is 1.21 bits per heavy atom. The van der Waals surface area contributed by atoms with E-state index in [1.165, 1.54) is 23.0 Å². The molecule has 0 radical (unpaired) electrons. The number of carbonyl (C=O) groups is 1. The van der Waals surface area contributed by atoms with E-state index in [9.17, 15) is 13.2 Å². The first-order valence-electron chi connectivity index (χ1n) is 8.35. The fraction of sp³-hybridized carbons (Fsp3) is 0.588. The fourth-order valence-corrected chi connectivity index (χ4v) is 6.83.